The summed E-state index contributed by atoms with van der Waals surface area (Å²) in [6.45, 7) is 0.562. The third kappa shape index (κ3) is 4.06. The second-order valence-corrected chi connectivity index (χ2v) is 6.29. The van der Waals surface area contributed by atoms with Crippen molar-refractivity contribution in [1.82, 2.24) is 10.2 Å². The second kappa shape index (κ2) is 8.13. The molecule has 0 atom stereocenters. The first-order chi connectivity index (χ1) is 13.0. The fraction of sp³-hybridized carbons (Fsp3) is 0.368. The number of carbonyl (C=O) groups is 4. The standard InChI is InChI=1S/C19H20N2O6/c22-15(11-16(23)24)20-7-9-27-10-8-21-18(25)13-5-1-3-12-4-2-6-14(17(12)13)19(21)26/h1,3,5-6H,2,4,7-11H2,(H,20,22)(H,23,24). The van der Waals surface area contributed by atoms with Crippen LogP contribution in [0.15, 0.2) is 24.3 Å². The summed E-state index contributed by atoms with van der Waals surface area (Å²) in [5.74, 6) is -2.42. The van der Waals surface area contributed by atoms with Gasteiger partial charge in [-0.3, -0.25) is 24.1 Å². The summed E-state index contributed by atoms with van der Waals surface area (Å²) in [6.07, 6.45) is 2.88. The van der Waals surface area contributed by atoms with Crippen molar-refractivity contribution >= 4 is 29.3 Å². The van der Waals surface area contributed by atoms with Crippen molar-refractivity contribution in [3.8, 4) is 0 Å². The van der Waals surface area contributed by atoms with E-state index in [9.17, 15) is 19.2 Å². The van der Waals surface area contributed by atoms with Crippen LogP contribution < -0.4 is 5.32 Å². The van der Waals surface area contributed by atoms with Crippen LogP contribution in [0.1, 0.15) is 34.3 Å². The van der Waals surface area contributed by atoms with Gasteiger partial charge in [0.1, 0.15) is 6.42 Å². The molecule has 8 heteroatoms. The molecule has 1 aliphatic heterocycles. The lowest BCUT2D eigenvalue weighted by Gasteiger charge is -2.31. The number of hydrogen-bond donors (Lipinski definition) is 2. The molecular formula is C19H20N2O6. The fourth-order valence-corrected chi connectivity index (χ4v) is 3.28. The Kier molecular flexibility index (Phi) is 5.66. The number of carboxylic acids is 1. The van der Waals surface area contributed by atoms with Gasteiger partial charge < -0.3 is 15.2 Å². The van der Waals surface area contributed by atoms with Crippen LogP contribution in [0.25, 0.3) is 5.57 Å². The van der Waals surface area contributed by atoms with Crippen LogP contribution in [-0.2, 0) is 25.5 Å². The first-order valence-electron chi connectivity index (χ1n) is 8.74. The molecule has 1 aliphatic carbocycles. The summed E-state index contributed by atoms with van der Waals surface area (Å²) in [5.41, 5.74) is 2.91. The minimum absolute atomic E-state index is 0.113. The van der Waals surface area contributed by atoms with Gasteiger partial charge in [0.2, 0.25) is 5.91 Å². The molecule has 0 fully saturated rings. The highest BCUT2D eigenvalue weighted by atomic mass is 16.5. The molecule has 8 nitrogen and oxygen atoms in total. The molecule has 2 N–H and O–H groups in total. The molecule has 142 valence electrons. The summed E-state index contributed by atoms with van der Waals surface area (Å²) in [4.78, 5) is 48.1. The van der Waals surface area contributed by atoms with Gasteiger partial charge in [0, 0.05) is 23.2 Å². The molecule has 0 radical (unpaired) electrons. The fourth-order valence-electron chi connectivity index (χ4n) is 3.28. The Labute approximate surface area is 155 Å². The van der Waals surface area contributed by atoms with E-state index in [1.807, 2.05) is 18.2 Å². The Hall–Kier alpha value is -3.00. The molecule has 0 saturated carbocycles. The SMILES string of the molecule is O=C(O)CC(=O)NCCOCCN1C(=O)C2=CCCc3cccc(c32)C1=O. The number of hydrogen-bond acceptors (Lipinski definition) is 5. The first kappa shape index (κ1) is 18.8. The molecule has 3 amide bonds. The van der Waals surface area contributed by atoms with E-state index in [0.29, 0.717) is 11.1 Å². The summed E-state index contributed by atoms with van der Waals surface area (Å²) in [7, 11) is 0. The highest BCUT2D eigenvalue weighted by molar-refractivity contribution is 6.31. The predicted octanol–water partition coefficient (Wildman–Crippen LogP) is 0.606. The van der Waals surface area contributed by atoms with E-state index in [0.717, 1.165) is 24.0 Å². The van der Waals surface area contributed by atoms with Crippen molar-refractivity contribution in [2.75, 3.05) is 26.3 Å². The lowest BCUT2D eigenvalue weighted by molar-refractivity contribution is -0.140. The number of allylic oxidation sites excluding steroid dienone is 1. The van der Waals surface area contributed by atoms with Crippen LogP contribution in [-0.4, -0.2) is 60.0 Å². The highest BCUT2D eigenvalue weighted by Gasteiger charge is 2.36. The van der Waals surface area contributed by atoms with Crippen LogP contribution in [0.3, 0.4) is 0 Å². The van der Waals surface area contributed by atoms with Crippen LogP contribution in [0, 0.1) is 0 Å². The average Bonchev–Trinajstić information content (AvgIpc) is 2.64. The van der Waals surface area contributed by atoms with Gasteiger partial charge in [0.25, 0.3) is 11.8 Å². The largest absolute Gasteiger partial charge is 0.481 e. The number of carboxylic acid groups (broad SMARTS) is 1. The molecule has 1 aromatic rings. The molecular weight excluding hydrogens is 352 g/mol. The van der Waals surface area contributed by atoms with Gasteiger partial charge in [-0.15, -0.1) is 0 Å². The number of nitrogens with zero attached hydrogens (tertiary/aromatic N) is 1. The maximum atomic E-state index is 12.7. The highest BCUT2D eigenvalue weighted by Crippen LogP contribution is 2.35. The predicted molar refractivity (Wildman–Crippen MR) is 94.9 cm³/mol. The molecule has 0 bridgehead atoms. The number of rotatable bonds is 8. The zero-order valence-electron chi connectivity index (χ0n) is 14.7. The van der Waals surface area contributed by atoms with Crippen molar-refractivity contribution in [3.63, 3.8) is 0 Å². The third-order valence-corrected chi connectivity index (χ3v) is 4.47. The number of benzene rings is 1. The van der Waals surface area contributed by atoms with Crippen molar-refractivity contribution < 1.29 is 29.0 Å². The Balaban J connectivity index is 1.53. The van der Waals surface area contributed by atoms with Crippen molar-refractivity contribution in [2.45, 2.75) is 19.3 Å². The molecule has 1 heterocycles. The van der Waals surface area contributed by atoms with Gasteiger partial charge >= 0.3 is 5.97 Å². The minimum Gasteiger partial charge on any atom is -0.481 e. The number of nitrogens with one attached hydrogen (secondary N) is 1. The van der Waals surface area contributed by atoms with Gasteiger partial charge in [-0.25, -0.2) is 0 Å². The molecule has 2 aliphatic rings. The minimum atomic E-state index is -1.20. The number of carbonyl (C=O) groups excluding carboxylic acids is 3. The lowest BCUT2D eigenvalue weighted by Crippen LogP contribution is -2.44. The molecule has 0 unspecified atom stereocenters. The zero-order valence-corrected chi connectivity index (χ0v) is 14.7. The number of imide groups is 1. The number of aliphatic carboxylic acids is 1. The van der Waals surface area contributed by atoms with E-state index >= 15 is 0 Å². The van der Waals surface area contributed by atoms with E-state index in [4.69, 9.17) is 9.84 Å². The first-order valence-corrected chi connectivity index (χ1v) is 8.74. The van der Waals surface area contributed by atoms with Crippen LogP contribution in [0.4, 0.5) is 0 Å². The van der Waals surface area contributed by atoms with Crippen LogP contribution in [0.5, 0.6) is 0 Å². The third-order valence-electron chi connectivity index (χ3n) is 4.47. The molecule has 0 spiro atoms. The van der Waals surface area contributed by atoms with Gasteiger partial charge in [-0.05, 0) is 24.5 Å². The zero-order chi connectivity index (χ0) is 19.4. The molecule has 0 saturated heterocycles. The Bertz CT molecular complexity index is 829. The monoisotopic (exact) mass is 372 g/mol. The summed E-state index contributed by atoms with van der Waals surface area (Å²) in [5, 5.41) is 10.9. The van der Waals surface area contributed by atoms with Gasteiger partial charge in [-0.2, -0.15) is 0 Å². The maximum Gasteiger partial charge on any atom is 0.312 e. The number of amides is 3. The van der Waals surface area contributed by atoms with Gasteiger partial charge in [0.05, 0.1) is 19.8 Å². The second-order valence-electron chi connectivity index (χ2n) is 6.29. The number of aryl methyl sites for hydroxylation is 1. The van der Waals surface area contributed by atoms with Gasteiger partial charge in [-0.1, -0.05) is 18.2 Å². The van der Waals surface area contributed by atoms with E-state index in [1.54, 1.807) is 6.07 Å². The van der Waals surface area contributed by atoms with Crippen LogP contribution >= 0.6 is 0 Å². The Morgan fingerprint density at radius 2 is 2.00 bits per heavy atom. The quantitative estimate of drug-likeness (QED) is 0.393. The molecule has 3 rings (SSSR count). The maximum absolute atomic E-state index is 12.7. The normalized spacial score (nSPS) is 15.3. The van der Waals surface area contributed by atoms with Crippen LogP contribution in [0.2, 0.25) is 0 Å². The van der Waals surface area contributed by atoms with E-state index in [-0.39, 0.29) is 38.1 Å². The lowest BCUT2D eigenvalue weighted by atomic mass is 9.83. The average molecular weight is 372 g/mol. The number of ether oxygens (including phenoxy) is 1. The Morgan fingerprint density at radius 1 is 1.19 bits per heavy atom. The van der Waals surface area contributed by atoms with Gasteiger partial charge in [0.15, 0.2) is 0 Å². The molecule has 27 heavy (non-hydrogen) atoms. The summed E-state index contributed by atoms with van der Waals surface area (Å²) in [6, 6.07) is 5.52. The molecule has 1 aromatic carbocycles. The topological polar surface area (TPSA) is 113 Å². The van der Waals surface area contributed by atoms with E-state index in [1.165, 1.54) is 4.90 Å². The molecule has 0 aromatic heterocycles. The Morgan fingerprint density at radius 3 is 2.78 bits per heavy atom. The van der Waals surface area contributed by atoms with Crippen molar-refractivity contribution in [1.29, 1.82) is 0 Å². The van der Waals surface area contributed by atoms with Crippen molar-refractivity contribution in [3.05, 3.63) is 41.0 Å². The van der Waals surface area contributed by atoms with E-state index in [2.05, 4.69) is 5.32 Å². The van der Waals surface area contributed by atoms with E-state index < -0.39 is 18.3 Å². The summed E-state index contributed by atoms with van der Waals surface area (Å²) >= 11 is 0. The summed E-state index contributed by atoms with van der Waals surface area (Å²) < 4.78 is 5.36. The van der Waals surface area contributed by atoms with Crippen molar-refractivity contribution in [2.24, 2.45) is 0 Å². The smallest absolute Gasteiger partial charge is 0.312 e.